The average molecular weight is 289 g/mol. The molecular formula is C17H23NO3. The number of nitrogens with one attached hydrogen (secondary N) is 1. The molecule has 0 radical (unpaired) electrons. The Bertz CT molecular complexity index is 529. The van der Waals surface area contributed by atoms with E-state index in [2.05, 4.69) is 11.4 Å². The monoisotopic (exact) mass is 289 g/mol. The molecule has 3 atom stereocenters. The Hall–Kier alpha value is -1.39. The van der Waals surface area contributed by atoms with Crippen LogP contribution in [0.15, 0.2) is 18.2 Å². The first kappa shape index (κ1) is 14.5. The molecule has 2 aliphatic rings. The zero-order valence-electron chi connectivity index (χ0n) is 12.5. The highest BCUT2D eigenvalue weighted by Gasteiger charge is 2.33. The van der Waals surface area contributed by atoms with E-state index >= 15 is 0 Å². The van der Waals surface area contributed by atoms with Crippen LogP contribution in [0.5, 0.6) is 0 Å². The first-order valence-electron chi connectivity index (χ1n) is 7.82. The summed E-state index contributed by atoms with van der Waals surface area (Å²) >= 11 is 0. The normalized spacial score (nSPS) is 28.2. The topological polar surface area (TPSA) is 58.6 Å². The first-order valence-corrected chi connectivity index (χ1v) is 7.82. The van der Waals surface area contributed by atoms with Crippen molar-refractivity contribution in [2.24, 2.45) is 0 Å². The zero-order chi connectivity index (χ0) is 14.8. The number of aliphatic hydroxyl groups is 1. The molecule has 1 fully saturated rings. The Morgan fingerprint density at radius 3 is 2.86 bits per heavy atom. The Kier molecular flexibility index (Phi) is 4.27. The van der Waals surface area contributed by atoms with Crippen LogP contribution in [0.3, 0.4) is 0 Å². The number of fused-ring (bicyclic) bond motifs is 1. The number of hydrogen-bond acceptors (Lipinski definition) is 3. The highest BCUT2D eigenvalue weighted by Crippen LogP contribution is 2.24. The Morgan fingerprint density at radius 2 is 2.05 bits per heavy atom. The second kappa shape index (κ2) is 6.16. The minimum absolute atomic E-state index is 0.0921. The summed E-state index contributed by atoms with van der Waals surface area (Å²) in [5.74, 6) is -0.0921. The van der Waals surface area contributed by atoms with Gasteiger partial charge in [-0.3, -0.25) is 4.79 Å². The van der Waals surface area contributed by atoms with Crippen molar-refractivity contribution in [2.45, 2.75) is 56.8 Å². The van der Waals surface area contributed by atoms with Crippen molar-refractivity contribution in [1.29, 1.82) is 0 Å². The van der Waals surface area contributed by atoms with Crippen LogP contribution in [0.1, 0.15) is 47.2 Å². The predicted octanol–water partition coefficient (Wildman–Crippen LogP) is 1.83. The summed E-state index contributed by atoms with van der Waals surface area (Å²) in [6.45, 7) is 0. The van der Waals surface area contributed by atoms with Gasteiger partial charge in [0.2, 0.25) is 0 Å². The molecule has 114 valence electrons. The molecular weight excluding hydrogens is 266 g/mol. The molecule has 21 heavy (non-hydrogen) atoms. The number of benzene rings is 1. The van der Waals surface area contributed by atoms with Crippen LogP contribution in [-0.2, 0) is 17.6 Å². The van der Waals surface area contributed by atoms with E-state index in [9.17, 15) is 9.90 Å². The zero-order valence-corrected chi connectivity index (χ0v) is 12.5. The summed E-state index contributed by atoms with van der Waals surface area (Å²) in [7, 11) is 1.61. The number of hydrogen-bond donors (Lipinski definition) is 2. The number of aliphatic hydroxyl groups excluding tert-OH is 1. The molecule has 0 heterocycles. The van der Waals surface area contributed by atoms with Crippen LogP contribution in [0.4, 0.5) is 0 Å². The minimum atomic E-state index is -0.623. The molecule has 0 spiro atoms. The number of methoxy groups -OCH3 is 1. The molecule has 1 aromatic rings. The van der Waals surface area contributed by atoms with Crippen LogP contribution in [-0.4, -0.2) is 36.4 Å². The van der Waals surface area contributed by atoms with Gasteiger partial charge in [-0.1, -0.05) is 6.07 Å². The smallest absolute Gasteiger partial charge is 0.251 e. The summed E-state index contributed by atoms with van der Waals surface area (Å²) in [6, 6.07) is 5.74. The lowest BCUT2D eigenvalue weighted by atomic mass is 9.89. The maximum Gasteiger partial charge on any atom is 0.251 e. The number of rotatable bonds is 3. The number of aryl methyl sites for hydroxylation is 2. The van der Waals surface area contributed by atoms with Crippen LogP contribution in [0.25, 0.3) is 0 Å². The highest BCUT2D eigenvalue weighted by atomic mass is 16.5. The third-order valence-electron chi connectivity index (χ3n) is 4.78. The number of ether oxygens (including phenoxy) is 1. The molecule has 0 aliphatic heterocycles. The molecule has 2 N–H and O–H groups in total. The van der Waals surface area contributed by atoms with Gasteiger partial charge < -0.3 is 15.2 Å². The maximum atomic E-state index is 12.4. The van der Waals surface area contributed by atoms with Crippen molar-refractivity contribution in [3.63, 3.8) is 0 Å². The van der Waals surface area contributed by atoms with Crippen LogP contribution < -0.4 is 5.32 Å². The molecule has 3 rings (SSSR count). The van der Waals surface area contributed by atoms with E-state index in [0.29, 0.717) is 5.56 Å². The van der Waals surface area contributed by atoms with Crippen molar-refractivity contribution in [3.8, 4) is 0 Å². The van der Waals surface area contributed by atoms with E-state index in [1.807, 2.05) is 12.1 Å². The van der Waals surface area contributed by atoms with Gasteiger partial charge in [0, 0.05) is 12.7 Å². The van der Waals surface area contributed by atoms with Gasteiger partial charge in [-0.15, -0.1) is 0 Å². The van der Waals surface area contributed by atoms with E-state index in [-0.39, 0.29) is 18.1 Å². The Labute approximate surface area is 125 Å². The van der Waals surface area contributed by atoms with Crippen molar-refractivity contribution < 1.29 is 14.6 Å². The first-order chi connectivity index (χ1) is 10.2. The van der Waals surface area contributed by atoms with Gasteiger partial charge in [-0.05, 0) is 61.8 Å². The Balaban J connectivity index is 1.68. The molecule has 4 heteroatoms. The van der Waals surface area contributed by atoms with Gasteiger partial charge >= 0.3 is 0 Å². The Morgan fingerprint density at radius 1 is 1.24 bits per heavy atom. The minimum Gasteiger partial charge on any atom is -0.388 e. The summed E-state index contributed by atoms with van der Waals surface area (Å²) < 4.78 is 5.28. The number of amides is 1. The summed E-state index contributed by atoms with van der Waals surface area (Å²) in [5.41, 5.74) is 3.35. The van der Waals surface area contributed by atoms with Crippen LogP contribution in [0.2, 0.25) is 0 Å². The molecule has 1 saturated carbocycles. The van der Waals surface area contributed by atoms with Crippen LogP contribution in [0, 0.1) is 0 Å². The van der Waals surface area contributed by atoms with E-state index in [4.69, 9.17) is 4.74 Å². The second-order valence-electron chi connectivity index (χ2n) is 6.11. The van der Waals surface area contributed by atoms with Crippen LogP contribution >= 0.6 is 0 Å². The number of carbonyl (C=O) groups excluding carboxylic acids is 1. The average Bonchev–Trinajstić information content (AvgIpc) is 2.96. The lowest BCUT2D eigenvalue weighted by molar-refractivity contribution is -0.0513. The maximum absolute atomic E-state index is 12.4. The molecule has 1 amide bonds. The van der Waals surface area contributed by atoms with Crippen molar-refractivity contribution in [3.05, 3.63) is 34.9 Å². The molecule has 0 aromatic heterocycles. The third-order valence-corrected chi connectivity index (χ3v) is 4.78. The summed E-state index contributed by atoms with van der Waals surface area (Å²) in [4.78, 5) is 12.4. The standard InChI is InChI=1S/C17H23NO3/c1-21-15-7-3-6-14(16(15)19)18-17(20)13-9-8-11-4-2-5-12(11)10-13/h8-10,14-16,19H,2-7H2,1H3,(H,18,20)/t14-,15-,16-/m1/s1. The van der Waals surface area contributed by atoms with Gasteiger partial charge in [-0.2, -0.15) is 0 Å². The number of carbonyl (C=O) groups is 1. The SMILES string of the molecule is CO[C@@H]1CCC[C@@H](NC(=O)c2ccc3c(c2)CCC3)[C@H]1O. The van der Waals surface area contributed by atoms with E-state index < -0.39 is 6.10 Å². The summed E-state index contributed by atoms with van der Waals surface area (Å²) in [6.07, 6.45) is 5.18. The molecule has 0 unspecified atom stereocenters. The van der Waals surface area contributed by atoms with Gasteiger partial charge in [-0.25, -0.2) is 0 Å². The second-order valence-corrected chi connectivity index (χ2v) is 6.11. The molecule has 4 nitrogen and oxygen atoms in total. The summed E-state index contributed by atoms with van der Waals surface area (Å²) in [5, 5.41) is 13.2. The molecule has 2 aliphatic carbocycles. The molecule has 1 aromatic carbocycles. The van der Waals surface area contributed by atoms with E-state index in [0.717, 1.165) is 32.1 Å². The lowest BCUT2D eigenvalue weighted by Gasteiger charge is -2.34. The fourth-order valence-electron chi connectivity index (χ4n) is 3.52. The lowest BCUT2D eigenvalue weighted by Crippen LogP contribution is -2.51. The quantitative estimate of drug-likeness (QED) is 0.892. The van der Waals surface area contributed by atoms with E-state index in [1.165, 1.54) is 17.5 Å². The van der Waals surface area contributed by atoms with E-state index in [1.54, 1.807) is 7.11 Å². The van der Waals surface area contributed by atoms with Crippen molar-refractivity contribution in [1.82, 2.24) is 5.32 Å². The van der Waals surface area contributed by atoms with Gasteiger partial charge in [0.15, 0.2) is 0 Å². The highest BCUT2D eigenvalue weighted by molar-refractivity contribution is 5.94. The fraction of sp³-hybridized carbons (Fsp3) is 0.588. The van der Waals surface area contributed by atoms with Gasteiger partial charge in [0.1, 0.15) is 6.10 Å². The van der Waals surface area contributed by atoms with Crippen molar-refractivity contribution >= 4 is 5.91 Å². The van der Waals surface area contributed by atoms with Crippen molar-refractivity contribution in [2.75, 3.05) is 7.11 Å². The van der Waals surface area contributed by atoms with Gasteiger partial charge in [0.25, 0.3) is 5.91 Å². The molecule has 0 saturated heterocycles. The van der Waals surface area contributed by atoms with Gasteiger partial charge in [0.05, 0.1) is 12.1 Å². The predicted molar refractivity (Wildman–Crippen MR) is 80.4 cm³/mol. The molecule has 0 bridgehead atoms. The third kappa shape index (κ3) is 2.97. The fourth-order valence-corrected chi connectivity index (χ4v) is 3.52. The largest absolute Gasteiger partial charge is 0.388 e.